The summed E-state index contributed by atoms with van der Waals surface area (Å²) >= 11 is 0. The molecule has 0 aromatic carbocycles. The molecular weight excluding hydrogens is 426 g/mol. The largest absolute Gasteiger partial charge is 0.481 e. The number of carbonyl (C=O) groups excluding carboxylic acids is 2. The van der Waals surface area contributed by atoms with Crippen LogP contribution in [0.3, 0.4) is 0 Å². The van der Waals surface area contributed by atoms with Crippen molar-refractivity contribution in [1.29, 1.82) is 0 Å². The van der Waals surface area contributed by atoms with Gasteiger partial charge in [-0.1, -0.05) is 0 Å². The Hall–Kier alpha value is -2.88. The molecule has 0 bridgehead atoms. The van der Waals surface area contributed by atoms with Gasteiger partial charge in [0.05, 0.1) is 12.6 Å². The lowest BCUT2D eigenvalue weighted by molar-refractivity contribution is -0.144. The van der Waals surface area contributed by atoms with Gasteiger partial charge in [-0.25, -0.2) is 4.79 Å². The zero-order chi connectivity index (χ0) is 23.5. The Bertz CT molecular complexity index is 1060. The molecule has 1 saturated heterocycles. The topological polar surface area (TPSA) is 98.9 Å². The quantitative estimate of drug-likeness (QED) is 0.636. The van der Waals surface area contributed by atoms with Crippen molar-refractivity contribution < 1.29 is 19.1 Å². The summed E-state index contributed by atoms with van der Waals surface area (Å²) in [5, 5.41) is 0. The minimum Gasteiger partial charge on any atom is -0.481 e. The number of hydrogen-bond donors (Lipinski definition) is 0. The van der Waals surface area contributed by atoms with Gasteiger partial charge in [0.15, 0.2) is 5.65 Å². The lowest BCUT2D eigenvalue weighted by Gasteiger charge is -2.38. The summed E-state index contributed by atoms with van der Waals surface area (Å²) in [6.07, 6.45) is 3.44. The smallest absolute Gasteiger partial charge is 0.330 e. The first-order chi connectivity index (χ1) is 15.9. The summed E-state index contributed by atoms with van der Waals surface area (Å²) < 4.78 is 13.5. The summed E-state index contributed by atoms with van der Waals surface area (Å²) in [7, 11) is 4.83. The third-order valence-corrected chi connectivity index (χ3v) is 7.02. The summed E-state index contributed by atoms with van der Waals surface area (Å²) in [4.78, 5) is 46.0. The van der Waals surface area contributed by atoms with Gasteiger partial charge in [0.25, 0.3) is 0 Å². The highest BCUT2D eigenvalue weighted by Gasteiger charge is 2.32. The molecule has 2 aliphatic rings. The number of fused-ring (bicyclic) bond motifs is 1. The first kappa shape index (κ1) is 23.3. The van der Waals surface area contributed by atoms with Crippen LogP contribution >= 0.6 is 0 Å². The molecule has 3 heterocycles. The first-order valence-electron chi connectivity index (χ1n) is 11.6. The number of piperazine rings is 1. The highest BCUT2D eigenvalue weighted by molar-refractivity contribution is 5.80. The van der Waals surface area contributed by atoms with E-state index in [2.05, 4.69) is 4.98 Å². The van der Waals surface area contributed by atoms with Crippen LogP contribution in [0.4, 0.5) is 0 Å². The molecule has 1 aliphatic heterocycles. The number of carbonyl (C=O) groups is 2. The molecule has 2 aromatic heterocycles. The van der Waals surface area contributed by atoms with E-state index in [4.69, 9.17) is 9.47 Å². The van der Waals surface area contributed by atoms with Crippen LogP contribution in [0.2, 0.25) is 0 Å². The Balaban J connectivity index is 1.34. The monoisotopic (exact) mass is 459 g/mol. The standard InChI is InChI=1S/C23H33N5O5/c1-25-18-8-9-19(33-3)24-21(18)28(23(25)31)14-16-4-6-17(7-5-16)22(30)27-12-10-26(11-13-27)20(29)15-32-2/h8-9,16-17H,4-7,10-15H2,1-3H3/t16-,17-. The van der Waals surface area contributed by atoms with Crippen molar-refractivity contribution in [3.05, 3.63) is 22.6 Å². The third-order valence-electron chi connectivity index (χ3n) is 7.02. The summed E-state index contributed by atoms with van der Waals surface area (Å²) in [5.74, 6) is 1.00. The maximum absolute atomic E-state index is 13.0. The highest BCUT2D eigenvalue weighted by atomic mass is 16.5. The fourth-order valence-electron chi connectivity index (χ4n) is 5.04. The zero-order valence-electron chi connectivity index (χ0n) is 19.7. The molecule has 33 heavy (non-hydrogen) atoms. The van der Waals surface area contributed by atoms with Crippen molar-refractivity contribution in [3.63, 3.8) is 0 Å². The zero-order valence-corrected chi connectivity index (χ0v) is 19.7. The first-order valence-corrected chi connectivity index (χ1v) is 11.6. The van der Waals surface area contributed by atoms with Crippen LogP contribution in [0, 0.1) is 11.8 Å². The maximum Gasteiger partial charge on any atom is 0.330 e. The summed E-state index contributed by atoms with van der Waals surface area (Å²) in [5.41, 5.74) is 1.35. The second kappa shape index (κ2) is 9.94. The molecule has 0 unspecified atom stereocenters. The van der Waals surface area contributed by atoms with Crippen molar-refractivity contribution in [3.8, 4) is 5.88 Å². The second-order valence-corrected chi connectivity index (χ2v) is 9.01. The number of amides is 2. The molecule has 2 aromatic rings. The molecule has 1 saturated carbocycles. The number of pyridine rings is 1. The van der Waals surface area contributed by atoms with Gasteiger partial charge in [0, 0.05) is 58.9 Å². The summed E-state index contributed by atoms with van der Waals surface area (Å²) in [6, 6.07) is 3.62. The van der Waals surface area contributed by atoms with Crippen LogP contribution in [0.5, 0.6) is 5.88 Å². The Morgan fingerprint density at radius 3 is 2.33 bits per heavy atom. The van der Waals surface area contributed by atoms with E-state index in [1.54, 1.807) is 34.3 Å². The predicted octanol–water partition coefficient (Wildman–Crippen LogP) is 0.867. The van der Waals surface area contributed by atoms with Gasteiger partial charge in [-0.2, -0.15) is 4.98 Å². The Kier molecular flexibility index (Phi) is 7.02. The fraction of sp³-hybridized carbons (Fsp3) is 0.652. The average Bonchev–Trinajstić information content (AvgIpc) is 3.08. The van der Waals surface area contributed by atoms with Crippen LogP contribution in [0.15, 0.2) is 16.9 Å². The van der Waals surface area contributed by atoms with Gasteiger partial charge in [-0.3, -0.25) is 18.7 Å². The lowest BCUT2D eigenvalue weighted by Crippen LogP contribution is -2.52. The van der Waals surface area contributed by atoms with E-state index in [0.29, 0.717) is 50.2 Å². The van der Waals surface area contributed by atoms with Gasteiger partial charge in [0.2, 0.25) is 17.7 Å². The number of ether oxygens (including phenoxy) is 2. The number of aromatic nitrogens is 3. The van der Waals surface area contributed by atoms with E-state index < -0.39 is 0 Å². The fourth-order valence-corrected chi connectivity index (χ4v) is 5.04. The van der Waals surface area contributed by atoms with Crippen LogP contribution in [0.25, 0.3) is 11.2 Å². The number of imidazole rings is 1. The van der Waals surface area contributed by atoms with Gasteiger partial charge in [0.1, 0.15) is 6.61 Å². The van der Waals surface area contributed by atoms with Gasteiger partial charge < -0.3 is 19.3 Å². The molecule has 2 amide bonds. The van der Waals surface area contributed by atoms with Crippen molar-refractivity contribution in [2.24, 2.45) is 18.9 Å². The van der Waals surface area contributed by atoms with Crippen LogP contribution in [-0.2, 0) is 27.9 Å². The number of methoxy groups -OCH3 is 2. The van der Waals surface area contributed by atoms with Crippen LogP contribution in [-0.4, -0.2) is 82.7 Å². The summed E-state index contributed by atoms with van der Waals surface area (Å²) in [6.45, 7) is 2.95. The number of nitrogens with zero attached hydrogens (tertiary/aromatic N) is 5. The van der Waals surface area contributed by atoms with Crippen molar-refractivity contribution >= 4 is 23.0 Å². The Morgan fingerprint density at radius 2 is 1.70 bits per heavy atom. The van der Waals surface area contributed by atoms with Crippen LogP contribution < -0.4 is 10.4 Å². The van der Waals surface area contributed by atoms with E-state index in [1.807, 2.05) is 11.0 Å². The molecule has 10 nitrogen and oxygen atoms in total. The molecule has 4 rings (SSSR count). The Labute approximate surface area is 193 Å². The molecule has 2 fully saturated rings. The maximum atomic E-state index is 13.0. The van der Waals surface area contributed by atoms with Crippen molar-refractivity contribution in [1.82, 2.24) is 23.9 Å². The SMILES string of the molecule is COCC(=O)N1CCN(C(=O)[C@H]2CC[C@H](Cn3c(=O)n(C)c4ccc(OC)nc43)CC2)CC1. The molecular formula is C23H33N5O5. The number of aryl methyl sites for hydroxylation is 1. The Morgan fingerprint density at radius 1 is 1.03 bits per heavy atom. The highest BCUT2D eigenvalue weighted by Crippen LogP contribution is 2.32. The molecule has 180 valence electrons. The number of rotatable bonds is 6. The average molecular weight is 460 g/mol. The van der Waals surface area contributed by atoms with E-state index >= 15 is 0 Å². The lowest BCUT2D eigenvalue weighted by atomic mass is 9.81. The molecule has 0 radical (unpaired) electrons. The molecule has 0 spiro atoms. The predicted molar refractivity (Wildman–Crippen MR) is 122 cm³/mol. The second-order valence-electron chi connectivity index (χ2n) is 9.01. The normalized spacial score (nSPS) is 21.4. The minimum atomic E-state index is -0.0788. The van der Waals surface area contributed by atoms with Gasteiger partial charge in [-0.05, 0) is 37.7 Å². The van der Waals surface area contributed by atoms with Gasteiger partial charge in [-0.15, -0.1) is 0 Å². The van der Waals surface area contributed by atoms with E-state index in [0.717, 1.165) is 31.2 Å². The van der Waals surface area contributed by atoms with Crippen molar-refractivity contribution in [2.75, 3.05) is 47.0 Å². The van der Waals surface area contributed by atoms with E-state index in [1.165, 1.54) is 7.11 Å². The van der Waals surface area contributed by atoms with E-state index in [9.17, 15) is 14.4 Å². The minimum absolute atomic E-state index is 0.0185. The number of hydrogen-bond acceptors (Lipinski definition) is 6. The van der Waals surface area contributed by atoms with Gasteiger partial charge >= 0.3 is 5.69 Å². The molecule has 1 aliphatic carbocycles. The molecule has 10 heteroatoms. The van der Waals surface area contributed by atoms with Crippen LogP contribution in [0.1, 0.15) is 25.7 Å². The third kappa shape index (κ3) is 4.75. The van der Waals surface area contributed by atoms with Crippen molar-refractivity contribution in [2.45, 2.75) is 32.2 Å². The molecule has 0 N–H and O–H groups in total. The van der Waals surface area contributed by atoms with E-state index in [-0.39, 0.29) is 30.0 Å². The molecule has 0 atom stereocenters.